The first-order valence-corrected chi connectivity index (χ1v) is 7.92. The minimum atomic E-state index is 0.135. The fourth-order valence-electron chi connectivity index (χ4n) is 2.68. The Hall–Kier alpha value is -2.37. The van der Waals surface area contributed by atoms with E-state index in [1.54, 1.807) is 19.2 Å². The molecular formula is C18H18ClN3O2. The third-order valence-electron chi connectivity index (χ3n) is 3.81. The van der Waals surface area contributed by atoms with E-state index in [2.05, 4.69) is 4.99 Å². The number of hydrogen-bond donors (Lipinski definition) is 0. The van der Waals surface area contributed by atoms with Gasteiger partial charge >= 0.3 is 0 Å². The number of amidine groups is 1. The van der Waals surface area contributed by atoms with E-state index in [0.29, 0.717) is 23.3 Å². The second-order valence-corrected chi connectivity index (χ2v) is 5.99. The summed E-state index contributed by atoms with van der Waals surface area (Å²) < 4.78 is 6.11. The summed E-state index contributed by atoms with van der Waals surface area (Å²) in [6, 6.07) is 15.0. The second-order valence-electron chi connectivity index (χ2n) is 5.56. The van der Waals surface area contributed by atoms with Gasteiger partial charge in [-0.3, -0.25) is 0 Å². The lowest BCUT2D eigenvalue weighted by molar-refractivity contribution is -0.440. The molecule has 124 valence electrons. The van der Waals surface area contributed by atoms with E-state index in [9.17, 15) is 5.21 Å². The number of fused-ring (bicyclic) bond motifs is 1. The van der Waals surface area contributed by atoms with Crippen molar-refractivity contribution < 1.29 is 9.48 Å². The Morgan fingerprint density at radius 1 is 1.25 bits per heavy atom. The molecule has 1 aliphatic heterocycles. The van der Waals surface area contributed by atoms with Crippen LogP contribution in [-0.4, -0.2) is 48.6 Å². The third kappa shape index (κ3) is 3.27. The van der Waals surface area contributed by atoms with E-state index in [1.165, 1.54) is 0 Å². The highest BCUT2D eigenvalue weighted by Crippen LogP contribution is 2.28. The van der Waals surface area contributed by atoms with Crippen LogP contribution in [0.1, 0.15) is 11.1 Å². The topological polar surface area (TPSA) is 50.9 Å². The van der Waals surface area contributed by atoms with Gasteiger partial charge in [0.05, 0.1) is 11.3 Å². The molecule has 24 heavy (non-hydrogen) atoms. The van der Waals surface area contributed by atoms with Gasteiger partial charge in [0.1, 0.15) is 6.73 Å². The summed E-state index contributed by atoms with van der Waals surface area (Å²) in [6.45, 7) is 0.493. The van der Waals surface area contributed by atoms with Crippen LogP contribution in [0.3, 0.4) is 0 Å². The SMILES string of the molecule is COCN(C)C1=Nc2ccc(Cl)cc2C(c2ccccc2)=[N+]([O-])C1. The van der Waals surface area contributed by atoms with E-state index in [0.717, 1.165) is 21.6 Å². The van der Waals surface area contributed by atoms with Gasteiger partial charge in [-0.15, -0.1) is 0 Å². The zero-order valence-corrected chi connectivity index (χ0v) is 14.3. The predicted molar refractivity (Wildman–Crippen MR) is 96.3 cm³/mol. The molecule has 0 amide bonds. The molecule has 0 aliphatic carbocycles. The van der Waals surface area contributed by atoms with Crippen molar-refractivity contribution in [3.63, 3.8) is 0 Å². The first-order valence-electron chi connectivity index (χ1n) is 7.54. The molecule has 0 spiro atoms. The minimum absolute atomic E-state index is 0.135. The third-order valence-corrected chi connectivity index (χ3v) is 4.04. The Bertz CT molecular complexity index is 803. The van der Waals surface area contributed by atoms with Gasteiger partial charge in [-0.1, -0.05) is 29.8 Å². The highest BCUT2D eigenvalue weighted by atomic mass is 35.5. The van der Waals surface area contributed by atoms with Gasteiger partial charge in [0.25, 0.3) is 0 Å². The minimum Gasteiger partial charge on any atom is -0.623 e. The van der Waals surface area contributed by atoms with Crippen LogP contribution in [0.25, 0.3) is 0 Å². The molecule has 2 aromatic carbocycles. The molecule has 6 heteroatoms. The maximum atomic E-state index is 12.9. The van der Waals surface area contributed by atoms with Crippen molar-refractivity contribution in [3.8, 4) is 0 Å². The number of methoxy groups -OCH3 is 1. The van der Waals surface area contributed by atoms with Gasteiger partial charge in [0.2, 0.25) is 12.3 Å². The number of nitrogens with zero attached hydrogens (tertiary/aromatic N) is 3. The molecule has 0 unspecified atom stereocenters. The Balaban J connectivity index is 2.18. The highest BCUT2D eigenvalue weighted by molar-refractivity contribution is 6.31. The number of halogens is 1. The predicted octanol–water partition coefficient (Wildman–Crippen LogP) is 3.27. The Labute approximate surface area is 146 Å². The van der Waals surface area contributed by atoms with E-state index in [4.69, 9.17) is 16.3 Å². The van der Waals surface area contributed by atoms with Crippen LogP contribution < -0.4 is 0 Å². The van der Waals surface area contributed by atoms with Gasteiger partial charge in [-0.05, 0) is 30.3 Å². The molecule has 0 atom stereocenters. The zero-order valence-electron chi connectivity index (χ0n) is 13.6. The average Bonchev–Trinajstić information content (AvgIpc) is 2.71. The summed E-state index contributed by atoms with van der Waals surface area (Å²) in [4.78, 5) is 6.48. The summed E-state index contributed by atoms with van der Waals surface area (Å²) in [7, 11) is 3.46. The summed E-state index contributed by atoms with van der Waals surface area (Å²) in [6.07, 6.45) is 0. The van der Waals surface area contributed by atoms with Crippen molar-refractivity contribution in [2.24, 2.45) is 4.99 Å². The quantitative estimate of drug-likeness (QED) is 0.488. The molecule has 1 heterocycles. The number of rotatable bonds is 3. The number of hydroxylamine groups is 1. The summed E-state index contributed by atoms with van der Waals surface area (Å²) in [5.41, 5.74) is 2.85. The zero-order chi connectivity index (χ0) is 17.1. The van der Waals surface area contributed by atoms with Gasteiger partial charge < -0.3 is 14.8 Å². The molecule has 0 saturated heterocycles. The van der Waals surface area contributed by atoms with Crippen LogP contribution in [0.15, 0.2) is 53.5 Å². The smallest absolute Gasteiger partial charge is 0.228 e. The molecule has 3 rings (SSSR count). The molecule has 0 saturated carbocycles. The van der Waals surface area contributed by atoms with Crippen LogP contribution in [0.5, 0.6) is 0 Å². The number of aliphatic imine (C=N–C) groups is 1. The van der Waals surface area contributed by atoms with Crippen LogP contribution in [0.4, 0.5) is 5.69 Å². The highest BCUT2D eigenvalue weighted by Gasteiger charge is 2.26. The maximum Gasteiger partial charge on any atom is 0.228 e. The molecule has 2 aromatic rings. The summed E-state index contributed by atoms with van der Waals surface area (Å²) >= 11 is 6.17. The summed E-state index contributed by atoms with van der Waals surface area (Å²) in [5, 5.41) is 13.5. The van der Waals surface area contributed by atoms with Crippen LogP contribution in [-0.2, 0) is 4.74 Å². The van der Waals surface area contributed by atoms with Gasteiger partial charge in [0.15, 0.2) is 5.84 Å². The van der Waals surface area contributed by atoms with Crippen molar-refractivity contribution in [3.05, 3.63) is 69.9 Å². The van der Waals surface area contributed by atoms with Crippen molar-refractivity contribution >= 4 is 28.8 Å². The normalized spacial score (nSPS) is 14.0. The molecule has 0 fully saturated rings. The van der Waals surface area contributed by atoms with Crippen LogP contribution >= 0.6 is 11.6 Å². The molecule has 0 aromatic heterocycles. The Morgan fingerprint density at radius 2 is 2.00 bits per heavy atom. The van der Waals surface area contributed by atoms with Crippen molar-refractivity contribution in [2.45, 2.75) is 0 Å². The lowest BCUT2D eigenvalue weighted by atomic mass is 10.0. The lowest BCUT2D eigenvalue weighted by Crippen LogP contribution is -2.35. The van der Waals surface area contributed by atoms with Crippen molar-refractivity contribution in [1.82, 2.24) is 4.90 Å². The van der Waals surface area contributed by atoms with Crippen LogP contribution in [0.2, 0.25) is 5.02 Å². The van der Waals surface area contributed by atoms with Crippen molar-refractivity contribution in [2.75, 3.05) is 27.4 Å². The lowest BCUT2D eigenvalue weighted by Gasteiger charge is -2.18. The van der Waals surface area contributed by atoms with E-state index >= 15 is 0 Å². The van der Waals surface area contributed by atoms with E-state index in [1.807, 2.05) is 48.3 Å². The molecule has 0 radical (unpaired) electrons. The molecule has 1 aliphatic rings. The molecular weight excluding hydrogens is 326 g/mol. The molecule has 5 nitrogen and oxygen atoms in total. The monoisotopic (exact) mass is 343 g/mol. The van der Waals surface area contributed by atoms with E-state index < -0.39 is 0 Å². The van der Waals surface area contributed by atoms with Gasteiger partial charge in [-0.25, -0.2) is 4.99 Å². The first-order chi connectivity index (χ1) is 11.6. The number of likely N-dealkylation sites (N-methyl/N-ethyl adjacent to an activating group) is 1. The Kier molecular flexibility index (Phi) is 4.83. The van der Waals surface area contributed by atoms with Gasteiger partial charge in [0, 0.05) is 24.7 Å². The standard InChI is InChI=1S/C18H18ClN3O2/c1-21(12-24-2)17-11-22(23)18(13-6-4-3-5-7-13)15-10-14(19)8-9-16(15)20-17/h3-10H,11-12H2,1-2H3. The number of hydrogen-bond acceptors (Lipinski definition) is 4. The van der Waals surface area contributed by atoms with Crippen molar-refractivity contribution in [1.29, 1.82) is 0 Å². The fraction of sp³-hybridized carbons (Fsp3) is 0.222. The van der Waals surface area contributed by atoms with E-state index in [-0.39, 0.29) is 6.54 Å². The fourth-order valence-corrected chi connectivity index (χ4v) is 2.85. The number of benzene rings is 2. The number of ether oxygens (including phenoxy) is 1. The molecule has 0 N–H and O–H groups in total. The second kappa shape index (κ2) is 7.03. The Morgan fingerprint density at radius 3 is 2.71 bits per heavy atom. The van der Waals surface area contributed by atoms with Gasteiger partial charge in [-0.2, -0.15) is 4.74 Å². The summed E-state index contributed by atoms with van der Waals surface area (Å²) in [5.74, 6) is 0.640. The average molecular weight is 344 g/mol. The van der Waals surface area contributed by atoms with Crippen LogP contribution in [0, 0.1) is 5.21 Å². The maximum absolute atomic E-state index is 12.9. The first kappa shape index (κ1) is 16.5. The molecule has 0 bridgehead atoms. The largest absolute Gasteiger partial charge is 0.623 e.